The Morgan fingerprint density at radius 2 is 1.16 bits per heavy atom. The van der Waals surface area contributed by atoms with E-state index in [0.29, 0.717) is 23.7 Å². The van der Waals surface area contributed by atoms with Crippen LogP contribution in [0.2, 0.25) is 0 Å². The van der Waals surface area contributed by atoms with Crippen LogP contribution in [0.3, 0.4) is 0 Å². The van der Waals surface area contributed by atoms with Gasteiger partial charge in [-0.1, -0.05) is 60.7 Å². The lowest BCUT2D eigenvalue weighted by molar-refractivity contribution is -0.0939. The number of ether oxygens (including phenoxy) is 4. The normalized spacial score (nSPS) is 29.6. The van der Waals surface area contributed by atoms with E-state index in [9.17, 15) is 4.79 Å². The van der Waals surface area contributed by atoms with E-state index in [1.54, 1.807) is 14.2 Å². The fourth-order valence-corrected chi connectivity index (χ4v) is 9.62. The Bertz CT molecular complexity index is 1770. The molecule has 0 saturated carbocycles. The van der Waals surface area contributed by atoms with Gasteiger partial charge in [0.2, 0.25) is 0 Å². The summed E-state index contributed by atoms with van der Waals surface area (Å²) in [5.74, 6) is 3.46. The molecule has 50 heavy (non-hydrogen) atoms. The molecule has 6 aliphatic rings. The van der Waals surface area contributed by atoms with Crippen molar-refractivity contribution in [2.75, 3.05) is 40.4 Å². The molecule has 4 bridgehead atoms. The molecule has 7 nitrogen and oxygen atoms in total. The SMILES string of the molecule is C=CC1CN2CCC1CC2C(OC(=O)OC(c1cccc2ccc(OC)cc12)C1CC2CCN1CC2C=C)c1cccc2ccc(OC)cc12. The highest BCUT2D eigenvalue weighted by molar-refractivity contribution is 5.88. The smallest absolute Gasteiger partial charge is 0.497 e. The van der Waals surface area contributed by atoms with E-state index in [0.717, 1.165) is 96.0 Å². The van der Waals surface area contributed by atoms with E-state index in [1.807, 2.05) is 12.1 Å². The van der Waals surface area contributed by atoms with Gasteiger partial charge >= 0.3 is 6.16 Å². The molecule has 0 amide bonds. The van der Waals surface area contributed by atoms with E-state index in [4.69, 9.17) is 18.9 Å². The number of carbonyl (C=O) groups is 1. The molecule has 6 fully saturated rings. The van der Waals surface area contributed by atoms with E-state index in [2.05, 4.69) is 95.8 Å². The number of piperidine rings is 6. The minimum atomic E-state index is -0.634. The molecule has 10 unspecified atom stereocenters. The summed E-state index contributed by atoms with van der Waals surface area (Å²) in [6.07, 6.45) is 6.66. The quantitative estimate of drug-likeness (QED) is 0.123. The summed E-state index contributed by atoms with van der Waals surface area (Å²) >= 11 is 0. The molecule has 6 heterocycles. The summed E-state index contributed by atoms with van der Waals surface area (Å²) in [4.78, 5) is 19.5. The summed E-state index contributed by atoms with van der Waals surface area (Å²) in [6, 6.07) is 24.8. The highest BCUT2D eigenvalue weighted by Gasteiger charge is 2.47. The summed E-state index contributed by atoms with van der Waals surface area (Å²) in [7, 11) is 3.37. The number of rotatable bonds is 10. The van der Waals surface area contributed by atoms with Crippen LogP contribution in [-0.2, 0) is 9.47 Å². The Labute approximate surface area is 295 Å². The van der Waals surface area contributed by atoms with Crippen molar-refractivity contribution in [2.45, 2.75) is 50.0 Å². The van der Waals surface area contributed by atoms with Crippen LogP contribution in [0, 0.1) is 23.7 Å². The maximum atomic E-state index is 14.5. The molecule has 0 radical (unpaired) electrons. The molecule has 10 atom stereocenters. The molecule has 0 spiro atoms. The zero-order chi connectivity index (χ0) is 34.4. The number of carbonyl (C=O) groups excluding carboxylic acids is 1. The van der Waals surface area contributed by atoms with Crippen LogP contribution in [0.5, 0.6) is 11.5 Å². The second kappa shape index (κ2) is 13.8. The van der Waals surface area contributed by atoms with Crippen LogP contribution in [0.15, 0.2) is 98.1 Å². The number of nitrogens with zero attached hydrogens (tertiary/aromatic N) is 2. The summed E-state index contributed by atoms with van der Waals surface area (Å²) in [5, 5.41) is 4.21. The van der Waals surface area contributed by atoms with Crippen molar-refractivity contribution >= 4 is 27.7 Å². The highest BCUT2D eigenvalue weighted by atomic mass is 16.7. The molecule has 10 rings (SSSR count). The predicted octanol–water partition coefficient (Wildman–Crippen LogP) is 8.74. The largest absolute Gasteiger partial charge is 0.509 e. The van der Waals surface area contributed by atoms with Gasteiger partial charge in [-0.2, -0.15) is 0 Å². The van der Waals surface area contributed by atoms with Crippen LogP contribution in [0.1, 0.15) is 49.0 Å². The third kappa shape index (κ3) is 5.94. The maximum absolute atomic E-state index is 14.5. The first-order valence-electron chi connectivity index (χ1n) is 18.2. The zero-order valence-corrected chi connectivity index (χ0v) is 29.2. The monoisotopic (exact) mass is 672 g/mol. The number of hydrogen-bond donors (Lipinski definition) is 0. The molecule has 0 aromatic heterocycles. The molecular weight excluding hydrogens is 624 g/mol. The van der Waals surface area contributed by atoms with Crippen molar-refractivity contribution in [3.05, 3.63) is 109 Å². The minimum absolute atomic E-state index is 0.0253. The summed E-state index contributed by atoms with van der Waals surface area (Å²) in [6.45, 7) is 12.1. The van der Waals surface area contributed by atoms with E-state index in [1.165, 1.54) is 0 Å². The molecule has 6 saturated heterocycles. The molecule has 0 aliphatic carbocycles. The Morgan fingerprint density at radius 3 is 1.54 bits per heavy atom. The summed E-state index contributed by atoms with van der Waals surface area (Å²) in [5.41, 5.74) is 1.96. The Balaban J connectivity index is 1.18. The standard InChI is InChI=1S/C43H48N2O5/c1-5-27-25-44-19-17-31(27)21-39(44)41(35-11-7-9-29-13-15-33(47-3)23-37(29)35)49-43(46)50-42(40-22-32-18-20-45(40)26-28(32)6-2)36-12-8-10-30-14-16-34(48-4)24-38(30)36/h5-16,23-24,27-28,31-32,39-42H,1-2,17-22,25-26H2,3-4H3. The first-order valence-corrected chi connectivity index (χ1v) is 18.2. The Kier molecular flexibility index (Phi) is 9.04. The van der Waals surface area contributed by atoms with Crippen molar-refractivity contribution in [3.8, 4) is 11.5 Å². The van der Waals surface area contributed by atoms with Gasteiger partial charge in [-0.05, 0) is 108 Å². The van der Waals surface area contributed by atoms with Crippen molar-refractivity contribution in [1.29, 1.82) is 0 Å². The van der Waals surface area contributed by atoms with E-state index in [-0.39, 0.29) is 12.1 Å². The van der Waals surface area contributed by atoms with Gasteiger partial charge in [0.15, 0.2) is 0 Å². The van der Waals surface area contributed by atoms with Crippen molar-refractivity contribution in [2.24, 2.45) is 23.7 Å². The fourth-order valence-electron chi connectivity index (χ4n) is 9.62. The Hall–Kier alpha value is -4.33. The van der Waals surface area contributed by atoms with Crippen LogP contribution < -0.4 is 9.47 Å². The lowest BCUT2D eigenvalue weighted by Gasteiger charge is -2.51. The number of fused-ring (bicyclic) bond motifs is 8. The third-order valence-corrected chi connectivity index (χ3v) is 12.3. The van der Waals surface area contributed by atoms with E-state index >= 15 is 0 Å². The van der Waals surface area contributed by atoms with Crippen molar-refractivity contribution < 1.29 is 23.7 Å². The fraction of sp³-hybridized carbons (Fsp3) is 0.419. The van der Waals surface area contributed by atoms with Gasteiger partial charge in [0.25, 0.3) is 0 Å². The van der Waals surface area contributed by atoms with Gasteiger partial charge in [0, 0.05) is 24.2 Å². The molecule has 4 aromatic rings. The summed E-state index contributed by atoms with van der Waals surface area (Å²) < 4.78 is 24.6. The molecule has 6 aliphatic heterocycles. The average molecular weight is 673 g/mol. The molecule has 7 heteroatoms. The van der Waals surface area contributed by atoms with Crippen molar-refractivity contribution in [1.82, 2.24) is 9.80 Å². The molecular formula is C43H48N2O5. The van der Waals surface area contributed by atoms with E-state index < -0.39 is 18.4 Å². The lowest BCUT2D eigenvalue weighted by Crippen LogP contribution is -2.56. The average Bonchev–Trinajstić information content (AvgIpc) is 3.18. The minimum Gasteiger partial charge on any atom is -0.497 e. The van der Waals surface area contributed by atoms with Gasteiger partial charge in [-0.3, -0.25) is 9.80 Å². The first-order chi connectivity index (χ1) is 24.5. The molecule has 4 aromatic carbocycles. The molecule has 260 valence electrons. The predicted molar refractivity (Wildman–Crippen MR) is 198 cm³/mol. The van der Waals surface area contributed by atoms with Gasteiger partial charge in [-0.15, -0.1) is 13.2 Å². The van der Waals surface area contributed by atoms with Crippen LogP contribution in [0.4, 0.5) is 4.79 Å². The number of hydrogen-bond acceptors (Lipinski definition) is 7. The Morgan fingerprint density at radius 1 is 0.700 bits per heavy atom. The van der Waals surface area contributed by atoms with Crippen LogP contribution in [-0.4, -0.2) is 68.4 Å². The van der Waals surface area contributed by atoms with Gasteiger partial charge < -0.3 is 18.9 Å². The topological polar surface area (TPSA) is 60.5 Å². The second-order valence-electron chi connectivity index (χ2n) is 14.7. The third-order valence-electron chi connectivity index (χ3n) is 12.3. The first kappa shape index (κ1) is 32.9. The number of methoxy groups -OCH3 is 2. The molecule has 0 N–H and O–H groups in total. The highest BCUT2D eigenvalue weighted by Crippen LogP contribution is 2.46. The lowest BCUT2D eigenvalue weighted by atomic mass is 9.73. The number of benzene rings is 4. The zero-order valence-electron chi connectivity index (χ0n) is 29.2. The van der Waals surface area contributed by atoms with Crippen LogP contribution in [0.25, 0.3) is 21.5 Å². The van der Waals surface area contributed by atoms with Gasteiger partial charge in [0.05, 0.1) is 26.3 Å². The maximum Gasteiger partial charge on any atom is 0.509 e. The second-order valence-corrected chi connectivity index (χ2v) is 14.7. The van der Waals surface area contributed by atoms with Crippen molar-refractivity contribution in [3.63, 3.8) is 0 Å². The van der Waals surface area contributed by atoms with Gasteiger partial charge in [0.1, 0.15) is 23.7 Å². The van der Waals surface area contributed by atoms with Gasteiger partial charge in [-0.25, -0.2) is 4.79 Å². The van der Waals surface area contributed by atoms with Crippen LogP contribution >= 0.6 is 0 Å².